The Labute approximate surface area is 141 Å². The number of aryl methyl sites for hydroxylation is 1. The van der Waals surface area contributed by atoms with Crippen LogP contribution in [0.15, 0.2) is 52.0 Å². The van der Waals surface area contributed by atoms with Gasteiger partial charge in [-0.3, -0.25) is 4.79 Å². The summed E-state index contributed by atoms with van der Waals surface area (Å²) < 4.78 is 31.5. The Morgan fingerprint density at radius 2 is 1.83 bits per heavy atom. The molecule has 2 heterocycles. The Balaban J connectivity index is 1.59. The van der Waals surface area contributed by atoms with Crippen molar-refractivity contribution < 1.29 is 17.6 Å². The average molecular weight is 348 g/mol. The van der Waals surface area contributed by atoms with Gasteiger partial charge in [-0.05, 0) is 49.2 Å². The standard InChI is InChI=1S/C17H20N2O4S/c20-17(10-7-15-4-3-13-23-15)18-14-5-8-16(9-6-14)24(21,22)19-11-1-2-12-19/h3-6,8-9,13H,1-2,7,10-12H2,(H,18,20). The minimum Gasteiger partial charge on any atom is -0.469 e. The second kappa shape index (κ2) is 7.19. The largest absolute Gasteiger partial charge is 0.469 e. The Bertz CT molecular complexity index is 777. The van der Waals surface area contributed by atoms with Crippen LogP contribution < -0.4 is 5.32 Å². The number of furan rings is 1. The van der Waals surface area contributed by atoms with Gasteiger partial charge >= 0.3 is 0 Å². The Hall–Kier alpha value is -2.12. The van der Waals surface area contributed by atoms with Crippen molar-refractivity contribution in [2.24, 2.45) is 0 Å². The molecule has 7 heteroatoms. The lowest BCUT2D eigenvalue weighted by molar-refractivity contribution is -0.116. The molecule has 3 rings (SSSR count). The van der Waals surface area contributed by atoms with E-state index in [1.54, 1.807) is 24.5 Å². The first-order valence-electron chi connectivity index (χ1n) is 7.98. The van der Waals surface area contributed by atoms with E-state index in [1.165, 1.54) is 16.4 Å². The fourth-order valence-corrected chi connectivity index (χ4v) is 4.22. The van der Waals surface area contributed by atoms with Crippen LogP contribution in [0.5, 0.6) is 0 Å². The van der Waals surface area contributed by atoms with Gasteiger partial charge < -0.3 is 9.73 Å². The van der Waals surface area contributed by atoms with Gasteiger partial charge in [0.25, 0.3) is 0 Å². The number of amides is 1. The molecule has 128 valence electrons. The quantitative estimate of drug-likeness (QED) is 0.870. The number of carbonyl (C=O) groups is 1. The highest BCUT2D eigenvalue weighted by atomic mass is 32.2. The summed E-state index contributed by atoms with van der Waals surface area (Å²) in [6.07, 6.45) is 4.22. The van der Waals surface area contributed by atoms with Crippen LogP contribution in [0.2, 0.25) is 0 Å². The molecule has 2 aromatic rings. The lowest BCUT2D eigenvalue weighted by Gasteiger charge is -2.15. The van der Waals surface area contributed by atoms with Gasteiger partial charge in [-0.25, -0.2) is 8.42 Å². The molecular formula is C17H20N2O4S. The summed E-state index contributed by atoms with van der Waals surface area (Å²) in [5, 5.41) is 2.76. The van der Waals surface area contributed by atoms with Crippen molar-refractivity contribution in [1.29, 1.82) is 0 Å². The normalized spacial score (nSPS) is 15.5. The molecule has 24 heavy (non-hydrogen) atoms. The summed E-state index contributed by atoms with van der Waals surface area (Å²) in [6.45, 7) is 1.15. The molecule has 6 nitrogen and oxygen atoms in total. The van der Waals surface area contributed by atoms with Gasteiger partial charge in [0, 0.05) is 31.6 Å². The molecule has 1 saturated heterocycles. The highest BCUT2D eigenvalue weighted by molar-refractivity contribution is 7.89. The van der Waals surface area contributed by atoms with Crippen molar-refractivity contribution >= 4 is 21.6 Å². The summed E-state index contributed by atoms with van der Waals surface area (Å²) in [6, 6.07) is 9.92. The van der Waals surface area contributed by atoms with Crippen LogP contribution in [0.4, 0.5) is 5.69 Å². The molecule has 1 aromatic carbocycles. The molecule has 1 N–H and O–H groups in total. The Morgan fingerprint density at radius 3 is 2.46 bits per heavy atom. The summed E-state index contributed by atoms with van der Waals surface area (Å²) in [5.74, 6) is 0.624. The smallest absolute Gasteiger partial charge is 0.243 e. The van der Waals surface area contributed by atoms with Gasteiger partial charge in [0.2, 0.25) is 15.9 Å². The third-order valence-electron chi connectivity index (χ3n) is 4.02. The first-order valence-corrected chi connectivity index (χ1v) is 9.42. The maximum atomic E-state index is 12.4. The molecule has 0 spiro atoms. The van der Waals surface area contributed by atoms with E-state index in [0.29, 0.717) is 31.6 Å². The molecule has 0 bridgehead atoms. The number of sulfonamides is 1. The number of benzene rings is 1. The lowest BCUT2D eigenvalue weighted by Crippen LogP contribution is -2.27. The Morgan fingerprint density at radius 1 is 1.12 bits per heavy atom. The molecule has 0 atom stereocenters. The van der Waals surface area contributed by atoms with E-state index in [1.807, 2.05) is 6.07 Å². The maximum absolute atomic E-state index is 12.4. The zero-order valence-corrected chi connectivity index (χ0v) is 14.1. The summed E-state index contributed by atoms with van der Waals surface area (Å²) >= 11 is 0. The number of carbonyl (C=O) groups excluding carboxylic acids is 1. The molecule has 0 unspecified atom stereocenters. The molecule has 1 fully saturated rings. The van der Waals surface area contributed by atoms with Crippen LogP contribution >= 0.6 is 0 Å². The summed E-state index contributed by atoms with van der Waals surface area (Å²) in [5.41, 5.74) is 0.583. The molecule has 0 radical (unpaired) electrons. The predicted molar refractivity (Wildman–Crippen MR) is 90.1 cm³/mol. The van der Waals surface area contributed by atoms with Gasteiger partial charge in [-0.1, -0.05) is 0 Å². The molecule has 0 aliphatic carbocycles. The third kappa shape index (κ3) is 3.85. The number of hydrogen-bond donors (Lipinski definition) is 1. The van der Waals surface area contributed by atoms with Crippen LogP contribution in [-0.4, -0.2) is 31.7 Å². The number of anilines is 1. The van der Waals surface area contributed by atoms with Crippen LogP contribution in [-0.2, 0) is 21.2 Å². The molecule has 1 aliphatic heterocycles. The fraction of sp³-hybridized carbons (Fsp3) is 0.353. The predicted octanol–water partition coefficient (Wildman–Crippen LogP) is 2.64. The highest BCUT2D eigenvalue weighted by Gasteiger charge is 2.26. The van der Waals surface area contributed by atoms with E-state index in [-0.39, 0.29) is 10.8 Å². The van der Waals surface area contributed by atoms with Gasteiger partial charge in [0.1, 0.15) is 5.76 Å². The SMILES string of the molecule is O=C(CCc1ccco1)Nc1ccc(S(=O)(=O)N2CCCC2)cc1. The monoisotopic (exact) mass is 348 g/mol. The third-order valence-corrected chi connectivity index (χ3v) is 5.93. The van der Waals surface area contributed by atoms with Crippen LogP contribution in [0.1, 0.15) is 25.0 Å². The van der Waals surface area contributed by atoms with Gasteiger partial charge in [-0.15, -0.1) is 0 Å². The van der Waals surface area contributed by atoms with Crippen molar-refractivity contribution in [2.45, 2.75) is 30.6 Å². The van der Waals surface area contributed by atoms with Crippen molar-refractivity contribution in [3.05, 3.63) is 48.4 Å². The number of nitrogens with zero attached hydrogens (tertiary/aromatic N) is 1. The van der Waals surface area contributed by atoms with E-state index in [9.17, 15) is 13.2 Å². The van der Waals surface area contributed by atoms with Gasteiger partial charge in [-0.2, -0.15) is 4.31 Å². The van der Waals surface area contributed by atoms with E-state index < -0.39 is 10.0 Å². The summed E-state index contributed by atoms with van der Waals surface area (Å²) in [7, 11) is -3.42. The molecular weight excluding hydrogens is 328 g/mol. The molecule has 0 saturated carbocycles. The van der Waals surface area contributed by atoms with Crippen LogP contribution in [0.25, 0.3) is 0 Å². The lowest BCUT2D eigenvalue weighted by atomic mass is 10.2. The topological polar surface area (TPSA) is 79.6 Å². The van der Waals surface area contributed by atoms with Crippen molar-refractivity contribution in [1.82, 2.24) is 4.31 Å². The Kier molecular flexibility index (Phi) is 5.01. The highest BCUT2D eigenvalue weighted by Crippen LogP contribution is 2.22. The minimum atomic E-state index is -3.42. The van der Waals surface area contributed by atoms with Gasteiger partial charge in [0.15, 0.2) is 0 Å². The molecule has 1 aliphatic rings. The van der Waals surface area contributed by atoms with Crippen molar-refractivity contribution in [3.8, 4) is 0 Å². The summed E-state index contributed by atoms with van der Waals surface area (Å²) in [4.78, 5) is 12.2. The molecule has 1 aromatic heterocycles. The van der Waals surface area contributed by atoms with Crippen molar-refractivity contribution in [2.75, 3.05) is 18.4 Å². The average Bonchev–Trinajstić information content (AvgIpc) is 3.27. The van der Waals surface area contributed by atoms with Crippen molar-refractivity contribution in [3.63, 3.8) is 0 Å². The number of nitrogens with one attached hydrogen (secondary N) is 1. The first-order chi connectivity index (χ1) is 11.6. The first kappa shape index (κ1) is 16.7. The van der Waals surface area contributed by atoms with E-state index in [0.717, 1.165) is 18.6 Å². The van der Waals surface area contributed by atoms with Crippen LogP contribution in [0, 0.1) is 0 Å². The van der Waals surface area contributed by atoms with E-state index in [2.05, 4.69) is 5.32 Å². The van der Waals surface area contributed by atoms with E-state index >= 15 is 0 Å². The second-order valence-corrected chi connectivity index (χ2v) is 7.70. The van der Waals surface area contributed by atoms with Gasteiger partial charge in [0.05, 0.1) is 11.2 Å². The minimum absolute atomic E-state index is 0.137. The maximum Gasteiger partial charge on any atom is 0.243 e. The number of hydrogen-bond acceptors (Lipinski definition) is 4. The second-order valence-electron chi connectivity index (χ2n) is 5.76. The zero-order chi connectivity index (χ0) is 17.0. The van der Waals surface area contributed by atoms with Crippen LogP contribution in [0.3, 0.4) is 0 Å². The molecule has 1 amide bonds. The zero-order valence-electron chi connectivity index (χ0n) is 13.3. The van der Waals surface area contributed by atoms with E-state index in [4.69, 9.17) is 4.42 Å². The number of rotatable bonds is 6. The fourth-order valence-electron chi connectivity index (χ4n) is 2.70.